The molecule has 0 bridgehead atoms. The molecule has 2 heterocycles. The number of aromatic nitrogens is 1. The summed E-state index contributed by atoms with van der Waals surface area (Å²) in [6, 6.07) is 12.8. The predicted octanol–water partition coefficient (Wildman–Crippen LogP) is 3.42. The number of nitrogens with one attached hydrogen (secondary N) is 1. The van der Waals surface area contributed by atoms with Crippen molar-refractivity contribution in [2.45, 2.75) is 11.8 Å². The van der Waals surface area contributed by atoms with Gasteiger partial charge >= 0.3 is 0 Å². The summed E-state index contributed by atoms with van der Waals surface area (Å²) in [5.41, 5.74) is 2.50. The summed E-state index contributed by atoms with van der Waals surface area (Å²) in [4.78, 5) is 4.42. The minimum absolute atomic E-state index is 0.165. The number of methoxy groups -OCH3 is 1. The minimum Gasteiger partial charge on any atom is -0.495 e. The molecule has 1 saturated heterocycles. The molecule has 1 fully saturated rings. The van der Waals surface area contributed by atoms with Crippen molar-refractivity contribution in [2.24, 2.45) is 0 Å². The topological polar surface area (TPSA) is 93.9 Å². The number of morpholine rings is 1. The molecular weight excluding hydrogens is 406 g/mol. The first kappa shape index (κ1) is 20.4. The van der Waals surface area contributed by atoms with Gasteiger partial charge in [-0.25, -0.2) is 13.4 Å². The number of hydrogen-bond acceptors (Lipinski definition) is 7. The van der Waals surface area contributed by atoms with E-state index in [0.29, 0.717) is 43.5 Å². The predicted molar refractivity (Wildman–Crippen MR) is 113 cm³/mol. The number of anilines is 2. The standard InChI is InChI=1S/C21H23N3O5S/c1-15-3-5-16(6-4-15)20-14-22-21(29-20)23-18-13-17(7-8-19(18)27-2)30(25,26)24-9-11-28-12-10-24/h3-8,13-14H,9-12H2,1-2H3,(H,22,23). The third-order valence-electron chi connectivity index (χ3n) is 4.86. The van der Waals surface area contributed by atoms with Crippen molar-refractivity contribution in [1.82, 2.24) is 9.29 Å². The molecular formula is C21H23N3O5S. The van der Waals surface area contributed by atoms with E-state index in [-0.39, 0.29) is 10.9 Å². The van der Waals surface area contributed by atoms with Gasteiger partial charge in [-0.15, -0.1) is 0 Å². The van der Waals surface area contributed by atoms with Gasteiger partial charge in [-0.3, -0.25) is 0 Å². The Balaban J connectivity index is 1.61. The van der Waals surface area contributed by atoms with E-state index >= 15 is 0 Å². The molecule has 2 aromatic carbocycles. The largest absolute Gasteiger partial charge is 0.495 e. The number of ether oxygens (including phenoxy) is 2. The van der Waals surface area contributed by atoms with Crippen LogP contribution >= 0.6 is 0 Å². The molecule has 0 amide bonds. The van der Waals surface area contributed by atoms with Crippen LogP contribution in [0.15, 0.2) is 58.0 Å². The normalized spacial score (nSPS) is 15.1. The Kier molecular flexibility index (Phi) is 5.76. The molecule has 1 aliphatic heterocycles. The minimum atomic E-state index is -3.64. The molecule has 30 heavy (non-hydrogen) atoms. The molecule has 4 rings (SSSR count). The van der Waals surface area contributed by atoms with E-state index in [9.17, 15) is 8.42 Å². The van der Waals surface area contributed by atoms with E-state index in [1.54, 1.807) is 12.3 Å². The summed E-state index contributed by atoms with van der Waals surface area (Å²) < 4.78 is 43.8. The van der Waals surface area contributed by atoms with Gasteiger partial charge < -0.3 is 19.2 Å². The van der Waals surface area contributed by atoms with Crippen molar-refractivity contribution in [3.05, 3.63) is 54.2 Å². The SMILES string of the molecule is COc1ccc(S(=O)(=O)N2CCOCC2)cc1Nc1ncc(-c2ccc(C)cc2)o1. The molecule has 8 nitrogen and oxygen atoms in total. The van der Waals surface area contributed by atoms with Crippen molar-refractivity contribution in [1.29, 1.82) is 0 Å². The zero-order valence-electron chi connectivity index (χ0n) is 16.8. The number of aryl methyl sites for hydroxylation is 1. The van der Waals surface area contributed by atoms with Crippen LogP contribution in [-0.2, 0) is 14.8 Å². The van der Waals surface area contributed by atoms with Crippen LogP contribution in [0.4, 0.5) is 11.7 Å². The maximum absolute atomic E-state index is 13.0. The average Bonchev–Trinajstić information content (AvgIpc) is 3.23. The van der Waals surface area contributed by atoms with E-state index < -0.39 is 10.0 Å². The second kappa shape index (κ2) is 8.47. The number of benzene rings is 2. The molecule has 0 spiro atoms. The molecule has 0 saturated carbocycles. The molecule has 0 atom stereocenters. The van der Waals surface area contributed by atoms with Gasteiger partial charge in [0.25, 0.3) is 6.01 Å². The van der Waals surface area contributed by atoms with Gasteiger partial charge in [0.1, 0.15) is 5.75 Å². The van der Waals surface area contributed by atoms with Crippen LogP contribution in [0.3, 0.4) is 0 Å². The van der Waals surface area contributed by atoms with Gasteiger partial charge in [0, 0.05) is 18.7 Å². The van der Waals surface area contributed by atoms with E-state index in [4.69, 9.17) is 13.9 Å². The van der Waals surface area contributed by atoms with Crippen LogP contribution in [0.2, 0.25) is 0 Å². The Morgan fingerprint density at radius 1 is 1.10 bits per heavy atom. The van der Waals surface area contributed by atoms with Crippen LogP contribution in [-0.4, -0.2) is 51.1 Å². The van der Waals surface area contributed by atoms with Crippen LogP contribution in [0, 0.1) is 6.92 Å². The monoisotopic (exact) mass is 429 g/mol. The Morgan fingerprint density at radius 2 is 1.83 bits per heavy atom. The summed E-state index contributed by atoms with van der Waals surface area (Å²) >= 11 is 0. The smallest absolute Gasteiger partial charge is 0.299 e. The highest BCUT2D eigenvalue weighted by Gasteiger charge is 2.27. The quantitative estimate of drug-likeness (QED) is 0.642. The van der Waals surface area contributed by atoms with Gasteiger partial charge in [-0.2, -0.15) is 4.31 Å². The fraction of sp³-hybridized carbons (Fsp3) is 0.286. The zero-order chi connectivity index (χ0) is 21.1. The second-order valence-electron chi connectivity index (χ2n) is 6.90. The molecule has 1 aromatic heterocycles. The van der Waals surface area contributed by atoms with Crippen LogP contribution < -0.4 is 10.1 Å². The lowest BCUT2D eigenvalue weighted by atomic mass is 10.1. The second-order valence-corrected chi connectivity index (χ2v) is 8.84. The zero-order valence-corrected chi connectivity index (χ0v) is 17.6. The first-order chi connectivity index (χ1) is 14.5. The fourth-order valence-corrected chi connectivity index (χ4v) is 4.61. The fourth-order valence-electron chi connectivity index (χ4n) is 3.18. The summed E-state index contributed by atoms with van der Waals surface area (Å²) in [6.07, 6.45) is 1.62. The maximum atomic E-state index is 13.0. The first-order valence-corrected chi connectivity index (χ1v) is 11.0. The third kappa shape index (κ3) is 4.18. The third-order valence-corrected chi connectivity index (χ3v) is 6.76. The van der Waals surface area contributed by atoms with E-state index in [1.165, 1.54) is 23.5 Å². The Morgan fingerprint density at radius 3 is 2.53 bits per heavy atom. The van der Waals surface area contributed by atoms with Crippen LogP contribution in [0.5, 0.6) is 5.75 Å². The van der Waals surface area contributed by atoms with Crippen molar-refractivity contribution in [2.75, 3.05) is 38.7 Å². The molecule has 1 N–H and O–H groups in total. The highest BCUT2D eigenvalue weighted by Crippen LogP contribution is 2.32. The number of nitrogens with zero attached hydrogens (tertiary/aromatic N) is 2. The lowest BCUT2D eigenvalue weighted by Crippen LogP contribution is -2.40. The molecule has 0 aliphatic carbocycles. The molecule has 0 unspecified atom stereocenters. The highest BCUT2D eigenvalue weighted by atomic mass is 32.2. The number of hydrogen-bond donors (Lipinski definition) is 1. The van der Waals surface area contributed by atoms with Crippen LogP contribution in [0.1, 0.15) is 5.56 Å². The summed E-state index contributed by atoms with van der Waals surface area (Å²) in [5.74, 6) is 1.08. The molecule has 158 valence electrons. The number of rotatable bonds is 6. The summed E-state index contributed by atoms with van der Waals surface area (Å²) in [5, 5.41) is 3.03. The molecule has 0 radical (unpaired) electrons. The average molecular weight is 429 g/mol. The van der Waals surface area contributed by atoms with Crippen molar-refractivity contribution < 1.29 is 22.3 Å². The van der Waals surface area contributed by atoms with Crippen molar-refractivity contribution in [3.63, 3.8) is 0 Å². The van der Waals surface area contributed by atoms with Crippen LogP contribution in [0.25, 0.3) is 11.3 Å². The lowest BCUT2D eigenvalue weighted by Gasteiger charge is -2.26. The number of oxazole rings is 1. The van der Waals surface area contributed by atoms with Gasteiger partial charge in [0.15, 0.2) is 5.76 Å². The van der Waals surface area contributed by atoms with Gasteiger partial charge in [0.05, 0.1) is 37.1 Å². The highest BCUT2D eigenvalue weighted by molar-refractivity contribution is 7.89. The van der Waals surface area contributed by atoms with E-state index in [2.05, 4.69) is 10.3 Å². The van der Waals surface area contributed by atoms with E-state index in [1.807, 2.05) is 31.2 Å². The summed E-state index contributed by atoms with van der Waals surface area (Å²) in [7, 11) is -2.12. The summed E-state index contributed by atoms with van der Waals surface area (Å²) in [6.45, 7) is 3.45. The molecule has 3 aromatic rings. The van der Waals surface area contributed by atoms with Gasteiger partial charge in [-0.05, 0) is 25.1 Å². The first-order valence-electron chi connectivity index (χ1n) is 9.53. The van der Waals surface area contributed by atoms with Gasteiger partial charge in [0.2, 0.25) is 10.0 Å². The Bertz CT molecular complexity index is 1120. The van der Waals surface area contributed by atoms with E-state index in [0.717, 1.165) is 11.1 Å². The Labute approximate surface area is 175 Å². The van der Waals surface area contributed by atoms with Crippen molar-refractivity contribution in [3.8, 4) is 17.1 Å². The lowest BCUT2D eigenvalue weighted by molar-refractivity contribution is 0.0730. The van der Waals surface area contributed by atoms with Gasteiger partial charge in [-0.1, -0.05) is 29.8 Å². The maximum Gasteiger partial charge on any atom is 0.299 e. The number of sulfonamides is 1. The van der Waals surface area contributed by atoms with Crippen molar-refractivity contribution >= 4 is 21.7 Å². The molecule has 9 heteroatoms. The molecule has 1 aliphatic rings. The Hall–Kier alpha value is -2.88.